The van der Waals surface area contributed by atoms with Crippen molar-refractivity contribution in [2.75, 3.05) is 6.54 Å². The molecule has 90 valence electrons. The van der Waals surface area contributed by atoms with Gasteiger partial charge >= 0.3 is 0 Å². The molecule has 3 heteroatoms. The molecule has 2 N–H and O–H groups in total. The van der Waals surface area contributed by atoms with Crippen molar-refractivity contribution in [1.82, 2.24) is 0 Å². The zero-order chi connectivity index (χ0) is 12.1. The highest BCUT2D eigenvalue weighted by Gasteiger charge is 2.17. The molecule has 0 saturated heterocycles. The molecule has 0 heterocycles. The molecule has 1 saturated carbocycles. The van der Waals surface area contributed by atoms with Crippen LogP contribution in [0.3, 0.4) is 0 Å². The van der Waals surface area contributed by atoms with Crippen LogP contribution in [0.1, 0.15) is 31.2 Å². The van der Waals surface area contributed by atoms with E-state index < -0.39 is 0 Å². The van der Waals surface area contributed by atoms with Gasteiger partial charge in [0.15, 0.2) is 0 Å². The van der Waals surface area contributed by atoms with E-state index in [2.05, 4.69) is 11.8 Å². The third-order valence-electron chi connectivity index (χ3n) is 2.86. The summed E-state index contributed by atoms with van der Waals surface area (Å²) in [4.78, 5) is 0. The number of halogens is 1. The van der Waals surface area contributed by atoms with E-state index in [0.29, 0.717) is 17.9 Å². The number of hydrogen-bond donors (Lipinski definition) is 1. The zero-order valence-electron chi connectivity index (χ0n) is 9.71. The highest BCUT2D eigenvalue weighted by atomic mass is 19.1. The van der Waals surface area contributed by atoms with Gasteiger partial charge in [-0.3, -0.25) is 0 Å². The van der Waals surface area contributed by atoms with Gasteiger partial charge in [-0.05, 0) is 37.8 Å². The van der Waals surface area contributed by atoms with Crippen LogP contribution >= 0.6 is 0 Å². The molecule has 0 atom stereocenters. The van der Waals surface area contributed by atoms with E-state index >= 15 is 0 Å². The van der Waals surface area contributed by atoms with Crippen molar-refractivity contribution in [2.45, 2.75) is 31.8 Å². The minimum Gasteiger partial charge on any atom is -0.489 e. The molecule has 0 unspecified atom stereocenters. The number of nitrogens with two attached hydrogens (primary N) is 1. The van der Waals surface area contributed by atoms with Crippen molar-refractivity contribution in [3.8, 4) is 17.6 Å². The topological polar surface area (TPSA) is 35.2 Å². The number of benzene rings is 1. The lowest BCUT2D eigenvalue weighted by atomic mass is 10.2. The fourth-order valence-corrected chi connectivity index (χ4v) is 2.03. The monoisotopic (exact) mass is 233 g/mol. The van der Waals surface area contributed by atoms with Gasteiger partial charge in [-0.1, -0.05) is 11.8 Å². The van der Waals surface area contributed by atoms with Crippen molar-refractivity contribution in [1.29, 1.82) is 0 Å². The van der Waals surface area contributed by atoms with Gasteiger partial charge in [0.05, 0.1) is 18.2 Å². The van der Waals surface area contributed by atoms with E-state index in [1.807, 2.05) is 0 Å². The number of hydrogen-bond acceptors (Lipinski definition) is 2. The van der Waals surface area contributed by atoms with E-state index in [4.69, 9.17) is 10.5 Å². The lowest BCUT2D eigenvalue weighted by molar-refractivity contribution is 0.208. The second-order valence-corrected chi connectivity index (χ2v) is 4.17. The first kappa shape index (κ1) is 11.9. The molecule has 0 radical (unpaired) electrons. The Bertz CT molecular complexity index is 441. The van der Waals surface area contributed by atoms with Gasteiger partial charge in [0.1, 0.15) is 11.6 Å². The first-order valence-electron chi connectivity index (χ1n) is 5.95. The summed E-state index contributed by atoms with van der Waals surface area (Å²) in [6, 6.07) is 4.43. The minimum absolute atomic E-state index is 0.204. The summed E-state index contributed by atoms with van der Waals surface area (Å²) in [5, 5.41) is 0. The summed E-state index contributed by atoms with van der Waals surface area (Å²) in [6.45, 7) is 0.292. The van der Waals surface area contributed by atoms with Crippen LogP contribution < -0.4 is 10.5 Å². The Labute approximate surface area is 101 Å². The van der Waals surface area contributed by atoms with Gasteiger partial charge in [-0.2, -0.15) is 0 Å². The molecule has 1 aromatic carbocycles. The molecule has 1 fully saturated rings. The lowest BCUT2D eigenvalue weighted by Gasteiger charge is -2.14. The maximum atomic E-state index is 13.2. The maximum Gasteiger partial charge on any atom is 0.138 e. The SMILES string of the molecule is NCC#Cc1ccc(F)cc1OC1CCCC1. The summed E-state index contributed by atoms with van der Waals surface area (Å²) in [5.41, 5.74) is 6.04. The van der Waals surface area contributed by atoms with Crippen LogP contribution in [0.4, 0.5) is 4.39 Å². The summed E-state index contributed by atoms with van der Waals surface area (Å²) in [5.74, 6) is 5.92. The van der Waals surface area contributed by atoms with Crippen LogP contribution in [0.2, 0.25) is 0 Å². The van der Waals surface area contributed by atoms with Crippen molar-refractivity contribution in [3.63, 3.8) is 0 Å². The van der Waals surface area contributed by atoms with Crippen LogP contribution in [-0.4, -0.2) is 12.6 Å². The Kier molecular flexibility index (Phi) is 4.00. The molecule has 17 heavy (non-hydrogen) atoms. The van der Waals surface area contributed by atoms with E-state index in [9.17, 15) is 4.39 Å². The van der Waals surface area contributed by atoms with Gasteiger partial charge in [-0.25, -0.2) is 4.39 Å². The largest absolute Gasteiger partial charge is 0.489 e. The molecule has 0 aromatic heterocycles. The summed E-state index contributed by atoms with van der Waals surface area (Å²) < 4.78 is 19.0. The van der Waals surface area contributed by atoms with Crippen molar-refractivity contribution < 1.29 is 9.13 Å². The third kappa shape index (κ3) is 3.21. The van der Waals surface area contributed by atoms with Gasteiger partial charge in [0.2, 0.25) is 0 Å². The molecule has 2 nitrogen and oxygen atoms in total. The van der Waals surface area contributed by atoms with E-state index in [0.717, 1.165) is 12.8 Å². The van der Waals surface area contributed by atoms with E-state index in [1.165, 1.54) is 25.0 Å². The highest BCUT2D eigenvalue weighted by Crippen LogP contribution is 2.26. The molecule has 0 bridgehead atoms. The van der Waals surface area contributed by atoms with Crippen molar-refractivity contribution >= 4 is 0 Å². The summed E-state index contributed by atoms with van der Waals surface area (Å²) in [6.07, 6.45) is 4.66. The fourth-order valence-electron chi connectivity index (χ4n) is 2.03. The zero-order valence-corrected chi connectivity index (χ0v) is 9.71. The van der Waals surface area contributed by atoms with E-state index in [1.54, 1.807) is 6.07 Å². The van der Waals surface area contributed by atoms with Crippen molar-refractivity contribution in [3.05, 3.63) is 29.6 Å². The van der Waals surface area contributed by atoms with Crippen LogP contribution in [0.5, 0.6) is 5.75 Å². The van der Waals surface area contributed by atoms with Gasteiger partial charge < -0.3 is 10.5 Å². The Morgan fingerprint density at radius 1 is 1.35 bits per heavy atom. The Hall–Kier alpha value is -1.53. The molecule has 0 spiro atoms. The normalized spacial score (nSPS) is 15.4. The molecule has 0 amide bonds. The molecular weight excluding hydrogens is 217 g/mol. The molecule has 1 aliphatic carbocycles. The molecule has 1 aromatic rings. The average Bonchev–Trinajstić information content (AvgIpc) is 2.81. The third-order valence-corrected chi connectivity index (χ3v) is 2.86. The predicted octanol–water partition coefficient (Wildman–Crippen LogP) is 2.46. The second-order valence-electron chi connectivity index (χ2n) is 4.17. The molecule has 1 aliphatic rings. The number of rotatable bonds is 2. The second kappa shape index (κ2) is 5.70. The van der Waals surface area contributed by atoms with E-state index in [-0.39, 0.29) is 11.9 Å². The van der Waals surface area contributed by atoms with Crippen LogP contribution in [0, 0.1) is 17.7 Å². The quantitative estimate of drug-likeness (QED) is 0.796. The Morgan fingerprint density at radius 3 is 2.82 bits per heavy atom. The molecular formula is C14H16FNO. The molecule has 2 rings (SSSR count). The summed E-state index contributed by atoms with van der Waals surface area (Å²) >= 11 is 0. The molecule has 0 aliphatic heterocycles. The smallest absolute Gasteiger partial charge is 0.138 e. The lowest BCUT2D eigenvalue weighted by Crippen LogP contribution is -2.12. The van der Waals surface area contributed by atoms with Gasteiger partial charge in [0, 0.05) is 6.07 Å². The minimum atomic E-state index is -0.295. The first-order valence-corrected chi connectivity index (χ1v) is 5.95. The first-order chi connectivity index (χ1) is 8.29. The van der Waals surface area contributed by atoms with Gasteiger partial charge in [-0.15, -0.1) is 0 Å². The van der Waals surface area contributed by atoms with Gasteiger partial charge in [0.25, 0.3) is 0 Å². The maximum absolute atomic E-state index is 13.2. The highest BCUT2D eigenvalue weighted by molar-refractivity contribution is 5.46. The van der Waals surface area contributed by atoms with Crippen molar-refractivity contribution in [2.24, 2.45) is 5.73 Å². The average molecular weight is 233 g/mol. The number of ether oxygens (including phenoxy) is 1. The Balaban J connectivity index is 2.19. The summed E-state index contributed by atoms with van der Waals surface area (Å²) in [7, 11) is 0. The predicted molar refractivity (Wildman–Crippen MR) is 65.2 cm³/mol. The standard InChI is InChI=1S/C14H16FNO/c15-12-8-7-11(4-3-9-16)14(10-12)17-13-5-1-2-6-13/h7-8,10,13H,1-2,5-6,9,16H2. The fraction of sp³-hybridized carbons (Fsp3) is 0.429. The van der Waals surface area contributed by atoms with Crippen LogP contribution in [0.15, 0.2) is 18.2 Å². The van der Waals surface area contributed by atoms with Crippen LogP contribution in [0.25, 0.3) is 0 Å². The van der Waals surface area contributed by atoms with Crippen LogP contribution in [-0.2, 0) is 0 Å². The Morgan fingerprint density at radius 2 is 2.12 bits per heavy atom.